The van der Waals surface area contributed by atoms with Crippen molar-refractivity contribution < 1.29 is 26.0 Å². The molecule has 118 valence electrons. The molecule has 0 saturated heterocycles. The van der Waals surface area contributed by atoms with E-state index < -0.39 is 51.1 Å². The minimum atomic E-state index is -4.68. The lowest BCUT2D eigenvalue weighted by Crippen LogP contribution is -2.45. The Morgan fingerprint density at radius 1 is 1.48 bits per heavy atom. The molecule has 0 fully saturated rings. The summed E-state index contributed by atoms with van der Waals surface area (Å²) in [6.45, 7) is 0. The van der Waals surface area contributed by atoms with Crippen molar-refractivity contribution in [3.05, 3.63) is 20.5 Å². The molecule has 1 aromatic rings. The molecule has 2 rings (SSSR count). The zero-order valence-electron chi connectivity index (χ0n) is 10.2. The number of nitrogens with zero attached hydrogens (tertiary/aromatic N) is 1. The summed E-state index contributed by atoms with van der Waals surface area (Å²) in [7, 11) is -4.16. The molecule has 0 radical (unpaired) electrons. The summed E-state index contributed by atoms with van der Waals surface area (Å²) in [4.78, 5) is 3.78. The van der Waals surface area contributed by atoms with E-state index in [-0.39, 0.29) is 4.88 Å². The Bertz CT molecular complexity index is 684. The number of aliphatic imine (C=N–C) groups is 1. The van der Waals surface area contributed by atoms with Gasteiger partial charge in [0.05, 0.1) is 20.8 Å². The highest BCUT2D eigenvalue weighted by Gasteiger charge is 2.44. The molecule has 0 saturated carbocycles. The molecule has 0 aliphatic carbocycles. The molecule has 2 atom stereocenters. The maximum atomic E-state index is 13.6. The van der Waals surface area contributed by atoms with Gasteiger partial charge in [-0.05, 0) is 22.0 Å². The van der Waals surface area contributed by atoms with Crippen molar-refractivity contribution in [2.24, 2.45) is 10.7 Å². The SMILES string of the molecule is NC1=NC(c2sc(Br)cc2F)CS(=O)(=O)C1CC(F)(F)F. The van der Waals surface area contributed by atoms with Crippen molar-refractivity contribution in [2.75, 3.05) is 5.75 Å². The van der Waals surface area contributed by atoms with Crippen LogP contribution in [0.4, 0.5) is 17.6 Å². The molecule has 2 heterocycles. The summed E-state index contributed by atoms with van der Waals surface area (Å²) in [5.74, 6) is -2.00. The van der Waals surface area contributed by atoms with Gasteiger partial charge in [-0.25, -0.2) is 12.8 Å². The van der Waals surface area contributed by atoms with Crippen molar-refractivity contribution in [2.45, 2.75) is 23.9 Å². The van der Waals surface area contributed by atoms with E-state index in [1.807, 2.05) is 0 Å². The second-order valence-corrected chi connectivity index (χ2v) is 9.16. The van der Waals surface area contributed by atoms with E-state index in [1.165, 1.54) is 0 Å². The lowest BCUT2D eigenvalue weighted by atomic mass is 10.2. The molecule has 11 heteroatoms. The Morgan fingerprint density at radius 2 is 2.10 bits per heavy atom. The Balaban J connectivity index is 2.38. The van der Waals surface area contributed by atoms with Gasteiger partial charge in [-0.15, -0.1) is 11.3 Å². The maximum absolute atomic E-state index is 13.6. The molecular formula is C10H9BrF4N2O2S2. The fraction of sp³-hybridized carbons (Fsp3) is 0.500. The van der Waals surface area contributed by atoms with Crippen LogP contribution in [0.1, 0.15) is 17.3 Å². The number of thiophene rings is 1. The molecule has 1 aromatic heterocycles. The van der Waals surface area contributed by atoms with Gasteiger partial charge in [0.2, 0.25) is 0 Å². The molecule has 2 N–H and O–H groups in total. The molecule has 21 heavy (non-hydrogen) atoms. The van der Waals surface area contributed by atoms with Crippen molar-refractivity contribution in [1.29, 1.82) is 0 Å². The van der Waals surface area contributed by atoms with Gasteiger partial charge < -0.3 is 5.73 Å². The minimum absolute atomic E-state index is 0.0267. The zero-order valence-corrected chi connectivity index (χ0v) is 13.4. The fourth-order valence-electron chi connectivity index (χ4n) is 1.98. The predicted molar refractivity (Wildman–Crippen MR) is 74.6 cm³/mol. The molecule has 2 unspecified atom stereocenters. The third kappa shape index (κ3) is 3.75. The highest BCUT2D eigenvalue weighted by Crippen LogP contribution is 2.37. The summed E-state index contributed by atoms with van der Waals surface area (Å²) in [6.07, 6.45) is -6.27. The van der Waals surface area contributed by atoms with Crippen molar-refractivity contribution in [1.82, 2.24) is 0 Å². The van der Waals surface area contributed by atoms with Crippen LogP contribution in [-0.2, 0) is 9.84 Å². The van der Waals surface area contributed by atoms with Gasteiger partial charge in [0, 0.05) is 0 Å². The summed E-state index contributed by atoms with van der Waals surface area (Å²) in [5, 5.41) is -1.90. The van der Waals surface area contributed by atoms with Crippen LogP contribution >= 0.6 is 27.3 Å². The van der Waals surface area contributed by atoms with Crippen LogP contribution in [0.15, 0.2) is 14.8 Å². The average molecular weight is 409 g/mol. The maximum Gasteiger partial charge on any atom is 0.390 e. The number of halogens is 5. The predicted octanol–water partition coefficient (Wildman–Crippen LogP) is 2.80. The highest BCUT2D eigenvalue weighted by molar-refractivity contribution is 9.11. The fourth-order valence-corrected chi connectivity index (χ4v) is 5.39. The lowest BCUT2D eigenvalue weighted by Gasteiger charge is -2.26. The lowest BCUT2D eigenvalue weighted by molar-refractivity contribution is -0.132. The van der Waals surface area contributed by atoms with E-state index in [0.717, 1.165) is 17.4 Å². The van der Waals surface area contributed by atoms with E-state index in [9.17, 15) is 26.0 Å². The molecule has 1 aliphatic heterocycles. The first-order valence-electron chi connectivity index (χ1n) is 5.56. The second-order valence-electron chi connectivity index (χ2n) is 4.47. The van der Waals surface area contributed by atoms with E-state index >= 15 is 0 Å². The largest absolute Gasteiger partial charge is 0.390 e. The summed E-state index contributed by atoms with van der Waals surface area (Å²) >= 11 is 3.98. The molecular weight excluding hydrogens is 400 g/mol. The zero-order chi connectivity index (χ0) is 16.0. The first-order chi connectivity index (χ1) is 9.49. The Hall–Kier alpha value is -0.680. The van der Waals surface area contributed by atoms with Gasteiger partial charge in [-0.2, -0.15) is 13.2 Å². The molecule has 0 aromatic carbocycles. The van der Waals surface area contributed by atoms with Crippen molar-refractivity contribution in [3.8, 4) is 0 Å². The van der Waals surface area contributed by atoms with Gasteiger partial charge in [0.25, 0.3) is 0 Å². The third-order valence-electron chi connectivity index (χ3n) is 2.86. The molecule has 0 spiro atoms. The normalized spacial score (nSPS) is 25.7. The number of hydrogen-bond donors (Lipinski definition) is 1. The standard InChI is InChI=1S/C10H9BrF4N2O2S2/c11-7-1-4(12)8(20-7)5-3-21(18,19)6(9(16)17-5)2-10(13,14)15/h1,5-6H,2-3H2,(H2,16,17). The minimum Gasteiger partial charge on any atom is -0.386 e. The van der Waals surface area contributed by atoms with Gasteiger partial charge in [-0.1, -0.05) is 0 Å². The topological polar surface area (TPSA) is 72.5 Å². The van der Waals surface area contributed by atoms with Gasteiger partial charge in [0.15, 0.2) is 9.84 Å². The average Bonchev–Trinajstić information content (AvgIpc) is 2.61. The van der Waals surface area contributed by atoms with E-state index in [1.54, 1.807) is 0 Å². The number of nitrogens with two attached hydrogens (primary N) is 1. The Labute approximate surface area is 130 Å². The van der Waals surface area contributed by atoms with Crippen LogP contribution in [0.25, 0.3) is 0 Å². The molecule has 0 amide bonds. The Kier molecular flexibility index (Phi) is 4.37. The van der Waals surface area contributed by atoms with Gasteiger partial charge >= 0.3 is 6.18 Å². The summed E-state index contributed by atoms with van der Waals surface area (Å²) in [5.41, 5.74) is 5.39. The summed E-state index contributed by atoms with van der Waals surface area (Å²) < 4.78 is 75.2. The number of rotatable bonds is 2. The van der Waals surface area contributed by atoms with Crippen molar-refractivity contribution >= 4 is 42.9 Å². The van der Waals surface area contributed by atoms with Crippen LogP contribution in [0.5, 0.6) is 0 Å². The first-order valence-corrected chi connectivity index (χ1v) is 8.88. The van der Waals surface area contributed by atoms with Gasteiger partial charge in [-0.3, -0.25) is 4.99 Å². The van der Waals surface area contributed by atoms with Crippen LogP contribution in [0.2, 0.25) is 0 Å². The molecule has 1 aliphatic rings. The van der Waals surface area contributed by atoms with Crippen LogP contribution in [-0.4, -0.2) is 31.4 Å². The van der Waals surface area contributed by atoms with Crippen LogP contribution < -0.4 is 5.73 Å². The van der Waals surface area contributed by atoms with Crippen LogP contribution in [0.3, 0.4) is 0 Å². The monoisotopic (exact) mass is 408 g/mol. The molecule has 0 bridgehead atoms. The second kappa shape index (κ2) is 5.51. The van der Waals surface area contributed by atoms with Crippen molar-refractivity contribution in [3.63, 3.8) is 0 Å². The summed E-state index contributed by atoms with van der Waals surface area (Å²) in [6, 6.07) is 0.0240. The smallest absolute Gasteiger partial charge is 0.386 e. The highest BCUT2D eigenvalue weighted by atomic mass is 79.9. The number of alkyl halides is 3. The number of hydrogen-bond acceptors (Lipinski definition) is 5. The van der Waals surface area contributed by atoms with Crippen LogP contribution in [0, 0.1) is 5.82 Å². The number of sulfone groups is 1. The van der Waals surface area contributed by atoms with E-state index in [2.05, 4.69) is 20.9 Å². The van der Waals surface area contributed by atoms with E-state index in [0.29, 0.717) is 3.79 Å². The van der Waals surface area contributed by atoms with E-state index in [4.69, 9.17) is 5.73 Å². The Morgan fingerprint density at radius 3 is 2.52 bits per heavy atom. The third-order valence-corrected chi connectivity index (χ3v) is 6.63. The van der Waals surface area contributed by atoms with Gasteiger partial charge in [0.1, 0.15) is 22.9 Å². The quantitative estimate of drug-likeness (QED) is 0.764. The first kappa shape index (κ1) is 16.7. The number of amidine groups is 1. The molecule has 4 nitrogen and oxygen atoms in total.